The third-order valence-electron chi connectivity index (χ3n) is 7.50. The van der Waals surface area contributed by atoms with Crippen LogP contribution in [0.15, 0.2) is 115 Å². The van der Waals surface area contributed by atoms with Crippen LogP contribution in [0.1, 0.15) is 28.5 Å². The quantitative estimate of drug-likeness (QED) is 0.213. The van der Waals surface area contributed by atoms with Crippen LogP contribution in [-0.4, -0.2) is 44.4 Å². The fourth-order valence-corrected chi connectivity index (χ4v) is 5.26. The number of benzene rings is 4. The molecular weight excluding hydrogens is 532 g/mol. The molecule has 0 bridgehead atoms. The van der Waals surface area contributed by atoms with Crippen LogP contribution in [-0.2, 0) is 48.2 Å². The fraction of sp³-hybridized carbons (Fsp3) is 0.314. The lowest BCUT2D eigenvalue weighted by atomic mass is 9.97. The maximum atomic E-state index is 6.66. The molecule has 2 aliphatic heterocycles. The molecule has 1 unspecified atom stereocenters. The minimum absolute atomic E-state index is 0.338. The van der Waals surface area contributed by atoms with Gasteiger partial charge in [0, 0.05) is 5.56 Å². The van der Waals surface area contributed by atoms with Crippen molar-refractivity contribution in [2.45, 2.75) is 56.8 Å². The molecule has 0 spiro atoms. The van der Waals surface area contributed by atoms with Gasteiger partial charge in [-0.05, 0) is 28.8 Å². The predicted molar refractivity (Wildman–Crippen MR) is 156 cm³/mol. The first-order valence-electron chi connectivity index (χ1n) is 14.3. The Hall–Kier alpha value is -3.56. The number of ether oxygens (including phenoxy) is 7. The first-order valence-corrected chi connectivity index (χ1v) is 14.3. The molecule has 0 N–H and O–H groups in total. The summed E-state index contributed by atoms with van der Waals surface area (Å²) in [7, 11) is 1.65. The van der Waals surface area contributed by atoms with E-state index in [9.17, 15) is 0 Å². The van der Waals surface area contributed by atoms with Gasteiger partial charge in [-0.15, -0.1) is 0 Å². The predicted octanol–water partition coefficient (Wildman–Crippen LogP) is 6.22. The summed E-state index contributed by atoms with van der Waals surface area (Å²) >= 11 is 0. The Morgan fingerprint density at radius 1 is 0.595 bits per heavy atom. The van der Waals surface area contributed by atoms with Gasteiger partial charge in [0.2, 0.25) is 0 Å². The minimum Gasteiger partial charge on any atom is -0.497 e. The lowest BCUT2D eigenvalue weighted by Gasteiger charge is -2.49. The summed E-state index contributed by atoms with van der Waals surface area (Å²) < 4.78 is 44.2. The summed E-state index contributed by atoms with van der Waals surface area (Å²) in [6, 6.07) is 37.9. The van der Waals surface area contributed by atoms with E-state index in [4.69, 9.17) is 33.2 Å². The lowest BCUT2D eigenvalue weighted by molar-refractivity contribution is -0.374. The van der Waals surface area contributed by atoms with E-state index in [2.05, 4.69) is 0 Å². The second kappa shape index (κ2) is 14.1. The van der Waals surface area contributed by atoms with Crippen LogP contribution < -0.4 is 4.74 Å². The summed E-state index contributed by atoms with van der Waals surface area (Å²) in [5.74, 6) is 0.790. The van der Waals surface area contributed by atoms with Crippen molar-refractivity contribution in [3.05, 3.63) is 138 Å². The van der Waals surface area contributed by atoms with Gasteiger partial charge < -0.3 is 33.2 Å². The molecule has 0 aromatic heterocycles. The Morgan fingerprint density at radius 2 is 1.14 bits per heavy atom. The van der Waals surface area contributed by atoms with Crippen molar-refractivity contribution in [2.24, 2.45) is 0 Å². The van der Waals surface area contributed by atoms with Crippen LogP contribution in [0.5, 0.6) is 5.75 Å². The first kappa shape index (κ1) is 28.6. The maximum absolute atomic E-state index is 6.66. The maximum Gasteiger partial charge on any atom is 0.187 e. The van der Waals surface area contributed by atoms with Gasteiger partial charge in [0.15, 0.2) is 12.6 Å². The van der Waals surface area contributed by atoms with Gasteiger partial charge in [-0.1, -0.05) is 103 Å². The normalized spacial score (nSPS) is 25.5. The average Bonchev–Trinajstić information content (AvgIpc) is 3.06. The van der Waals surface area contributed by atoms with Crippen molar-refractivity contribution in [3.63, 3.8) is 0 Å². The van der Waals surface area contributed by atoms with Gasteiger partial charge in [0.05, 0.1) is 33.5 Å². The molecule has 218 valence electrons. The van der Waals surface area contributed by atoms with E-state index in [0.717, 1.165) is 28.0 Å². The molecule has 2 heterocycles. The number of rotatable bonds is 11. The van der Waals surface area contributed by atoms with Gasteiger partial charge in [0.25, 0.3) is 0 Å². The zero-order valence-electron chi connectivity index (χ0n) is 23.6. The Morgan fingerprint density at radius 3 is 1.76 bits per heavy atom. The molecular formula is C35H36O7. The van der Waals surface area contributed by atoms with Gasteiger partial charge in [-0.25, -0.2) is 0 Å². The van der Waals surface area contributed by atoms with E-state index < -0.39 is 37.0 Å². The fourth-order valence-electron chi connectivity index (χ4n) is 5.26. The molecule has 2 aliphatic rings. The van der Waals surface area contributed by atoms with Crippen molar-refractivity contribution in [3.8, 4) is 5.75 Å². The Bertz CT molecular complexity index is 1350. The number of fused-ring (bicyclic) bond motifs is 1. The molecule has 6 atom stereocenters. The second-order valence-electron chi connectivity index (χ2n) is 10.4. The molecule has 0 radical (unpaired) electrons. The smallest absolute Gasteiger partial charge is 0.187 e. The van der Waals surface area contributed by atoms with Crippen LogP contribution in [0.25, 0.3) is 0 Å². The molecule has 4 aromatic carbocycles. The molecule has 0 amide bonds. The number of methoxy groups -OCH3 is 1. The van der Waals surface area contributed by atoms with Crippen molar-refractivity contribution in [1.82, 2.24) is 0 Å². The van der Waals surface area contributed by atoms with Gasteiger partial charge >= 0.3 is 0 Å². The third-order valence-corrected chi connectivity index (χ3v) is 7.50. The average molecular weight is 569 g/mol. The monoisotopic (exact) mass is 568 g/mol. The van der Waals surface area contributed by atoms with Crippen LogP contribution >= 0.6 is 0 Å². The topological polar surface area (TPSA) is 64.6 Å². The lowest BCUT2D eigenvalue weighted by Crippen LogP contribution is -2.63. The van der Waals surface area contributed by atoms with Crippen LogP contribution in [0.2, 0.25) is 0 Å². The van der Waals surface area contributed by atoms with E-state index in [1.54, 1.807) is 7.11 Å². The molecule has 4 aromatic rings. The molecule has 0 saturated carbocycles. The zero-order chi connectivity index (χ0) is 28.6. The summed E-state index contributed by atoms with van der Waals surface area (Å²) in [6.45, 7) is 1.43. The molecule has 2 saturated heterocycles. The van der Waals surface area contributed by atoms with Crippen molar-refractivity contribution in [2.75, 3.05) is 13.7 Å². The molecule has 7 heteroatoms. The molecule has 0 aliphatic carbocycles. The Kier molecular flexibility index (Phi) is 9.57. The summed E-state index contributed by atoms with van der Waals surface area (Å²) in [4.78, 5) is 0. The van der Waals surface area contributed by atoms with Crippen LogP contribution in [0.3, 0.4) is 0 Å². The van der Waals surface area contributed by atoms with Crippen molar-refractivity contribution >= 4 is 0 Å². The highest BCUT2D eigenvalue weighted by atomic mass is 16.8. The summed E-state index contributed by atoms with van der Waals surface area (Å²) in [5, 5.41) is 0. The Labute approximate surface area is 246 Å². The number of hydrogen-bond donors (Lipinski definition) is 0. The minimum atomic E-state index is -0.703. The van der Waals surface area contributed by atoms with E-state index in [1.807, 2.05) is 115 Å². The van der Waals surface area contributed by atoms with Gasteiger partial charge in [0.1, 0.15) is 30.2 Å². The highest BCUT2D eigenvalue weighted by Crippen LogP contribution is 2.37. The van der Waals surface area contributed by atoms with Crippen molar-refractivity contribution < 1.29 is 33.2 Å². The molecule has 6 rings (SSSR count). The van der Waals surface area contributed by atoms with Crippen LogP contribution in [0, 0.1) is 0 Å². The summed E-state index contributed by atoms with van der Waals surface area (Å²) in [6.07, 6.45) is -3.14. The number of hydrogen-bond acceptors (Lipinski definition) is 7. The third kappa shape index (κ3) is 7.07. The van der Waals surface area contributed by atoms with Crippen LogP contribution in [0.4, 0.5) is 0 Å². The molecule has 2 fully saturated rings. The summed E-state index contributed by atoms with van der Waals surface area (Å²) in [5.41, 5.74) is 4.04. The largest absolute Gasteiger partial charge is 0.497 e. The molecule has 7 nitrogen and oxygen atoms in total. The second-order valence-corrected chi connectivity index (χ2v) is 10.4. The van der Waals surface area contributed by atoms with Gasteiger partial charge in [-0.2, -0.15) is 0 Å². The van der Waals surface area contributed by atoms with E-state index >= 15 is 0 Å². The van der Waals surface area contributed by atoms with E-state index in [0.29, 0.717) is 26.4 Å². The van der Waals surface area contributed by atoms with Crippen molar-refractivity contribution in [1.29, 1.82) is 0 Å². The highest BCUT2D eigenvalue weighted by molar-refractivity contribution is 5.26. The first-order chi connectivity index (χ1) is 20.8. The molecule has 42 heavy (non-hydrogen) atoms. The van der Waals surface area contributed by atoms with E-state index in [1.165, 1.54) is 0 Å². The Balaban J connectivity index is 1.27. The van der Waals surface area contributed by atoms with E-state index in [-0.39, 0.29) is 0 Å². The highest BCUT2D eigenvalue weighted by Gasteiger charge is 2.52. The SMILES string of the molecule is COc1ccc(CO[C@H]2[C@@H](OCc3ccccc3)O[C@@H]3COC(c4ccccc4)O[C@H]3[C@@H]2OCc2ccccc2)cc1. The zero-order valence-corrected chi connectivity index (χ0v) is 23.6. The standard InChI is InChI=1S/C35H36O7/c1-36-29-19-17-27(18-20-29)22-38-33-32(37-21-25-11-5-2-6-12-25)31-30(24-40-34(42-31)28-15-9-4-10-16-28)41-35(33)39-23-26-13-7-3-8-14-26/h2-20,30-35H,21-24H2,1H3/t30-,31-,32+,33-,34?,35+/m1/s1. The van der Waals surface area contributed by atoms with Gasteiger partial charge in [-0.3, -0.25) is 0 Å².